The van der Waals surface area contributed by atoms with E-state index in [9.17, 15) is 31.1 Å². The number of alkyl halides is 6. The maximum absolute atomic E-state index is 12.6. The van der Waals surface area contributed by atoms with E-state index in [1.807, 2.05) is 0 Å². The van der Waals surface area contributed by atoms with E-state index in [0.29, 0.717) is 10.4 Å². The van der Waals surface area contributed by atoms with Crippen LogP contribution in [0.3, 0.4) is 0 Å². The van der Waals surface area contributed by atoms with Crippen molar-refractivity contribution in [3.8, 4) is 0 Å². The minimum atomic E-state index is -5.08. The molecule has 6 nitrogen and oxygen atoms in total. The number of hydrogen-bond acceptors (Lipinski definition) is 4. The van der Waals surface area contributed by atoms with Crippen LogP contribution in [-0.2, 0) is 9.59 Å². The minimum Gasteiger partial charge on any atom is -0.475 e. The van der Waals surface area contributed by atoms with E-state index in [0.717, 1.165) is 5.56 Å². The summed E-state index contributed by atoms with van der Waals surface area (Å²) in [5, 5.41) is 12.3. The van der Waals surface area contributed by atoms with E-state index < -0.39 is 36.2 Å². The number of hydrogen-bond donors (Lipinski definition) is 3. The molecule has 13 heteroatoms. The molecule has 2 atom stereocenters. The number of rotatable bonds is 2. The van der Waals surface area contributed by atoms with Crippen molar-refractivity contribution in [1.29, 1.82) is 0 Å². The number of amides is 1. The van der Waals surface area contributed by atoms with E-state index in [1.165, 1.54) is 0 Å². The second-order valence-electron chi connectivity index (χ2n) is 5.53. The normalized spacial score (nSPS) is 19.9. The van der Waals surface area contributed by atoms with Gasteiger partial charge in [0.2, 0.25) is 5.91 Å². The smallest absolute Gasteiger partial charge is 0.475 e. The molecule has 0 radical (unpaired) electrons. The third-order valence-corrected chi connectivity index (χ3v) is 3.90. The highest BCUT2D eigenvalue weighted by Gasteiger charge is 2.45. The number of halogens is 7. The Kier molecular flexibility index (Phi) is 7.60. The van der Waals surface area contributed by atoms with Crippen LogP contribution in [-0.4, -0.2) is 46.9 Å². The molecular weight excluding hydrogens is 452 g/mol. The Morgan fingerprint density at radius 1 is 1.26 bits per heavy atom. The molecule has 1 aromatic rings. The van der Waals surface area contributed by atoms with Gasteiger partial charge >= 0.3 is 18.3 Å². The number of anilines is 1. The van der Waals surface area contributed by atoms with E-state index in [4.69, 9.17) is 9.90 Å². The Bertz CT molecular complexity index is 696. The van der Waals surface area contributed by atoms with Crippen LogP contribution in [0.15, 0.2) is 16.7 Å². The Morgan fingerprint density at radius 2 is 1.81 bits per heavy atom. The van der Waals surface area contributed by atoms with E-state index in [-0.39, 0.29) is 13.0 Å². The second-order valence-corrected chi connectivity index (χ2v) is 6.34. The van der Waals surface area contributed by atoms with Gasteiger partial charge < -0.3 is 15.7 Å². The number of aromatic nitrogens is 1. The number of nitrogens with one attached hydrogen (secondary N) is 2. The number of pyridine rings is 1. The Labute approximate surface area is 157 Å². The molecule has 0 aromatic carbocycles. The maximum Gasteiger partial charge on any atom is 0.490 e. The molecule has 3 N–H and O–H groups in total. The van der Waals surface area contributed by atoms with Gasteiger partial charge in [-0.1, -0.05) is 6.07 Å². The van der Waals surface area contributed by atoms with Crippen molar-refractivity contribution in [2.75, 3.05) is 11.9 Å². The highest BCUT2D eigenvalue weighted by molar-refractivity contribution is 9.10. The summed E-state index contributed by atoms with van der Waals surface area (Å²) in [6.07, 6.45) is -9.60. The SMILES string of the molecule is Cc1ccc(Br)nc1NC(=O)[C@@H]1C[C@H](C(F)(F)F)CN1.O=C(O)C(F)(F)F. The number of aryl methyl sites for hydroxylation is 1. The average Bonchev–Trinajstić information content (AvgIpc) is 3.01. The molecule has 1 fully saturated rings. The van der Waals surface area contributed by atoms with Gasteiger partial charge in [0.05, 0.1) is 12.0 Å². The van der Waals surface area contributed by atoms with Crippen molar-refractivity contribution < 1.29 is 41.0 Å². The van der Waals surface area contributed by atoms with Crippen LogP contribution in [0.25, 0.3) is 0 Å². The van der Waals surface area contributed by atoms with Crippen LogP contribution < -0.4 is 10.6 Å². The monoisotopic (exact) mass is 465 g/mol. The van der Waals surface area contributed by atoms with E-state index in [1.54, 1.807) is 19.1 Å². The molecule has 2 heterocycles. The van der Waals surface area contributed by atoms with Gasteiger partial charge in [0.1, 0.15) is 10.4 Å². The molecule has 1 aliphatic heterocycles. The molecular formula is C14H14BrF6N3O3. The Morgan fingerprint density at radius 3 is 2.26 bits per heavy atom. The fraction of sp³-hybridized carbons (Fsp3) is 0.500. The van der Waals surface area contributed by atoms with Gasteiger partial charge in [-0.3, -0.25) is 4.79 Å². The van der Waals surface area contributed by atoms with Crippen LogP contribution in [0, 0.1) is 12.8 Å². The first kappa shape index (κ1) is 23.1. The Balaban J connectivity index is 0.000000445. The zero-order valence-corrected chi connectivity index (χ0v) is 15.2. The number of nitrogens with zero attached hydrogens (tertiary/aromatic N) is 1. The van der Waals surface area contributed by atoms with Crippen LogP contribution >= 0.6 is 15.9 Å². The van der Waals surface area contributed by atoms with Crippen molar-refractivity contribution in [2.45, 2.75) is 31.7 Å². The predicted octanol–water partition coefficient (Wildman–Crippen LogP) is 3.26. The largest absolute Gasteiger partial charge is 0.490 e. The zero-order chi connectivity index (χ0) is 21.0. The molecule has 0 spiro atoms. The first-order chi connectivity index (χ1) is 12.2. The van der Waals surface area contributed by atoms with Crippen molar-refractivity contribution in [3.05, 3.63) is 22.3 Å². The second kappa shape index (κ2) is 8.87. The number of carbonyl (C=O) groups is 2. The number of carbonyl (C=O) groups excluding carboxylic acids is 1. The van der Waals surface area contributed by atoms with Crippen molar-refractivity contribution in [2.24, 2.45) is 5.92 Å². The third-order valence-electron chi connectivity index (χ3n) is 3.46. The highest BCUT2D eigenvalue weighted by atomic mass is 79.9. The summed E-state index contributed by atoms with van der Waals surface area (Å²) >= 11 is 3.18. The lowest BCUT2D eigenvalue weighted by atomic mass is 10.0. The lowest BCUT2D eigenvalue weighted by Crippen LogP contribution is -2.35. The predicted molar refractivity (Wildman–Crippen MR) is 84.9 cm³/mol. The van der Waals surface area contributed by atoms with E-state index in [2.05, 4.69) is 31.5 Å². The highest BCUT2D eigenvalue weighted by Crippen LogP contribution is 2.32. The summed E-state index contributed by atoms with van der Waals surface area (Å²) < 4.78 is 69.9. The fourth-order valence-corrected chi connectivity index (χ4v) is 2.33. The molecule has 27 heavy (non-hydrogen) atoms. The van der Waals surface area contributed by atoms with Crippen molar-refractivity contribution in [1.82, 2.24) is 10.3 Å². The van der Waals surface area contributed by atoms with Crippen LogP contribution in [0.2, 0.25) is 0 Å². The summed E-state index contributed by atoms with van der Waals surface area (Å²) in [4.78, 5) is 24.9. The van der Waals surface area contributed by atoms with Gasteiger partial charge in [-0.05, 0) is 40.9 Å². The quantitative estimate of drug-likeness (QED) is 0.460. The summed E-state index contributed by atoms with van der Waals surface area (Å²) in [5.74, 6) is -4.38. The van der Waals surface area contributed by atoms with Gasteiger partial charge in [-0.25, -0.2) is 9.78 Å². The summed E-state index contributed by atoms with van der Waals surface area (Å²) in [6, 6.07) is 2.63. The van der Waals surface area contributed by atoms with E-state index >= 15 is 0 Å². The average molecular weight is 466 g/mol. The molecule has 0 unspecified atom stereocenters. The third kappa shape index (κ3) is 7.33. The first-order valence-corrected chi connectivity index (χ1v) is 8.05. The van der Waals surface area contributed by atoms with Gasteiger partial charge in [0, 0.05) is 6.54 Å². The molecule has 0 saturated carbocycles. The van der Waals surface area contributed by atoms with Gasteiger partial charge in [0.15, 0.2) is 0 Å². The zero-order valence-electron chi connectivity index (χ0n) is 13.6. The minimum absolute atomic E-state index is 0.230. The number of carboxylic acid groups (broad SMARTS) is 1. The molecule has 1 saturated heterocycles. The summed E-state index contributed by atoms with van der Waals surface area (Å²) in [7, 11) is 0. The van der Waals surface area contributed by atoms with Crippen LogP contribution in [0.4, 0.5) is 32.2 Å². The van der Waals surface area contributed by atoms with Crippen molar-refractivity contribution in [3.63, 3.8) is 0 Å². The molecule has 2 rings (SSSR count). The molecule has 1 aromatic heterocycles. The lowest BCUT2D eigenvalue weighted by Gasteiger charge is -2.14. The Hall–Kier alpha value is -1.89. The first-order valence-electron chi connectivity index (χ1n) is 7.26. The van der Waals surface area contributed by atoms with Crippen LogP contribution in [0.1, 0.15) is 12.0 Å². The number of aliphatic carboxylic acids is 1. The molecule has 1 amide bonds. The van der Waals surface area contributed by atoms with Crippen LogP contribution in [0.5, 0.6) is 0 Å². The van der Waals surface area contributed by atoms with Gasteiger partial charge in [0.25, 0.3) is 0 Å². The molecule has 0 bridgehead atoms. The van der Waals surface area contributed by atoms with Crippen molar-refractivity contribution >= 4 is 33.6 Å². The standard InChI is InChI=1S/C12H13BrF3N3O.C2HF3O2/c1-6-2-3-9(13)18-10(6)19-11(20)8-4-7(5-17-8)12(14,15)16;3-2(4,5)1(6)7/h2-3,7-8,17H,4-5H2,1H3,(H,18,19,20);(H,6,7)/t7-,8-;/m0./s1. The molecule has 1 aliphatic rings. The van der Waals surface area contributed by atoms with Gasteiger partial charge in [-0.15, -0.1) is 0 Å². The molecule has 152 valence electrons. The molecule has 0 aliphatic carbocycles. The topological polar surface area (TPSA) is 91.3 Å². The number of carboxylic acids is 1. The fourth-order valence-electron chi connectivity index (χ4n) is 2.02. The van der Waals surface area contributed by atoms with Gasteiger partial charge in [-0.2, -0.15) is 26.3 Å². The summed E-state index contributed by atoms with van der Waals surface area (Å²) in [5.41, 5.74) is 0.743. The summed E-state index contributed by atoms with van der Waals surface area (Å²) in [6.45, 7) is 1.53. The maximum atomic E-state index is 12.6. The lowest BCUT2D eigenvalue weighted by molar-refractivity contribution is -0.192.